The van der Waals surface area contributed by atoms with E-state index in [0.717, 1.165) is 6.42 Å². The summed E-state index contributed by atoms with van der Waals surface area (Å²) >= 11 is 0. The lowest BCUT2D eigenvalue weighted by Crippen LogP contribution is -2.06. The number of hydrogen-bond donors (Lipinski definition) is 0. The Morgan fingerprint density at radius 1 is 1.07 bits per heavy atom. The van der Waals surface area contributed by atoms with Crippen molar-refractivity contribution >= 4 is 7.60 Å². The summed E-state index contributed by atoms with van der Waals surface area (Å²) in [5, 5.41) is 0. The molecule has 0 saturated carbocycles. The highest BCUT2D eigenvalue weighted by atomic mass is 31.2. The van der Waals surface area contributed by atoms with Crippen LogP contribution >= 0.6 is 7.60 Å². The predicted molar refractivity (Wildman–Crippen MR) is 59.9 cm³/mol. The van der Waals surface area contributed by atoms with Crippen molar-refractivity contribution in [3.05, 3.63) is 0 Å². The third-order valence-corrected chi connectivity index (χ3v) is 3.20. The van der Waals surface area contributed by atoms with E-state index in [-0.39, 0.29) is 0 Å². The van der Waals surface area contributed by atoms with Gasteiger partial charge in [0.1, 0.15) is 0 Å². The summed E-state index contributed by atoms with van der Waals surface area (Å²) in [6.45, 7) is 7.11. The molecule has 0 aromatic rings. The monoisotopic (exact) mass is 222 g/mol. The van der Waals surface area contributed by atoms with Gasteiger partial charge in [-0.2, -0.15) is 0 Å². The Morgan fingerprint density at radius 3 is 1.71 bits per heavy atom. The second-order valence-corrected chi connectivity index (χ2v) is 5.56. The summed E-state index contributed by atoms with van der Waals surface area (Å²) in [5.74, 6) is 0. The minimum absolute atomic E-state index is 0.577. The molecule has 1 rings (SSSR count). The quantitative estimate of drug-likeness (QED) is 0.537. The highest BCUT2D eigenvalue weighted by Gasteiger charge is 2.19. The first kappa shape index (κ1) is 14.2. The Hall–Kier alpha value is 0.150. The van der Waals surface area contributed by atoms with E-state index < -0.39 is 7.60 Å². The van der Waals surface area contributed by atoms with Crippen molar-refractivity contribution in [2.24, 2.45) is 0 Å². The van der Waals surface area contributed by atoms with E-state index in [1.165, 1.54) is 32.3 Å². The van der Waals surface area contributed by atoms with Gasteiger partial charge in [0, 0.05) is 6.66 Å². The summed E-state index contributed by atoms with van der Waals surface area (Å²) in [6, 6.07) is 0. The first-order chi connectivity index (χ1) is 6.62. The molecule has 3 nitrogen and oxygen atoms in total. The molecule has 1 aliphatic rings. The zero-order valence-corrected chi connectivity index (χ0v) is 10.5. The molecule has 0 aliphatic carbocycles. The first-order valence-electron chi connectivity index (χ1n) is 5.49. The van der Waals surface area contributed by atoms with E-state index in [2.05, 4.69) is 13.8 Å². The van der Waals surface area contributed by atoms with E-state index in [1.54, 1.807) is 0 Å². The number of hydrogen-bond acceptors (Lipinski definition) is 3. The van der Waals surface area contributed by atoms with Gasteiger partial charge in [0.2, 0.25) is 0 Å². The maximum atomic E-state index is 10.8. The van der Waals surface area contributed by atoms with Gasteiger partial charge in [-0.05, 0) is 6.42 Å². The van der Waals surface area contributed by atoms with Crippen LogP contribution in [0.25, 0.3) is 0 Å². The molecule has 0 bridgehead atoms. The van der Waals surface area contributed by atoms with Crippen LogP contribution < -0.4 is 0 Å². The van der Waals surface area contributed by atoms with Crippen LogP contribution in [0.4, 0.5) is 0 Å². The van der Waals surface area contributed by atoms with E-state index >= 15 is 0 Å². The van der Waals surface area contributed by atoms with Gasteiger partial charge in [-0.15, -0.1) is 0 Å². The molecule has 1 heterocycles. The SMILES string of the molecule is CCCCCC.CP1(=O)OCCCO1. The second-order valence-electron chi connectivity index (χ2n) is 3.50. The predicted octanol–water partition coefficient (Wildman–Crippen LogP) is 3.83. The van der Waals surface area contributed by atoms with Crippen molar-refractivity contribution in [2.75, 3.05) is 19.9 Å². The lowest BCUT2D eigenvalue weighted by atomic mass is 10.2. The van der Waals surface area contributed by atoms with Gasteiger partial charge in [0.25, 0.3) is 0 Å². The Kier molecular flexibility index (Phi) is 8.55. The Morgan fingerprint density at radius 2 is 1.50 bits per heavy atom. The van der Waals surface area contributed by atoms with Crippen molar-refractivity contribution in [3.8, 4) is 0 Å². The molecule has 1 saturated heterocycles. The molecular weight excluding hydrogens is 199 g/mol. The van der Waals surface area contributed by atoms with Crippen molar-refractivity contribution in [3.63, 3.8) is 0 Å². The molecule has 0 aromatic carbocycles. The van der Waals surface area contributed by atoms with Crippen LogP contribution in [-0.4, -0.2) is 19.9 Å². The third kappa shape index (κ3) is 8.74. The van der Waals surface area contributed by atoms with Gasteiger partial charge in [-0.3, -0.25) is 4.57 Å². The molecule has 0 amide bonds. The smallest absolute Gasteiger partial charge is 0.309 e. The Labute approximate surface area is 87.7 Å². The molecule has 1 fully saturated rings. The summed E-state index contributed by atoms with van der Waals surface area (Å²) in [5.41, 5.74) is 0. The maximum Gasteiger partial charge on any atom is 0.327 e. The molecule has 14 heavy (non-hydrogen) atoms. The van der Waals surface area contributed by atoms with Crippen LogP contribution in [0.3, 0.4) is 0 Å². The highest BCUT2D eigenvalue weighted by Crippen LogP contribution is 2.46. The van der Waals surface area contributed by atoms with Gasteiger partial charge in [-0.25, -0.2) is 0 Å². The normalized spacial score (nSPS) is 19.6. The number of unbranched alkanes of at least 4 members (excludes halogenated alkanes) is 3. The fourth-order valence-corrected chi connectivity index (χ4v) is 2.05. The van der Waals surface area contributed by atoms with Crippen LogP contribution in [0.5, 0.6) is 0 Å². The number of rotatable bonds is 3. The van der Waals surface area contributed by atoms with E-state index in [9.17, 15) is 4.57 Å². The van der Waals surface area contributed by atoms with E-state index in [4.69, 9.17) is 9.05 Å². The first-order valence-corrected chi connectivity index (χ1v) is 7.48. The van der Waals surface area contributed by atoms with E-state index in [0.29, 0.717) is 13.2 Å². The standard InChI is InChI=1S/C6H14.C4H9O3P/c1-3-5-6-4-2;1-8(5)6-3-2-4-7-8/h3-6H2,1-2H3;2-4H2,1H3. The van der Waals surface area contributed by atoms with Crippen LogP contribution in [0.15, 0.2) is 0 Å². The molecule has 0 spiro atoms. The zero-order valence-electron chi connectivity index (χ0n) is 9.62. The van der Waals surface area contributed by atoms with Gasteiger partial charge in [0.05, 0.1) is 13.2 Å². The van der Waals surface area contributed by atoms with Crippen LogP contribution in [0, 0.1) is 0 Å². The molecule has 4 heteroatoms. The van der Waals surface area contributed by atoms with Crippen molar-refractivity contribution in [2.45, 2.75) is 46.0 Å². The summed E-state index contributed by atoms with van der Waals surface area (Å²) in [4.78, 5) is 0. The molecule has 0 radical (unpaired) electrons. The minimum Gasteiger partial charge on any atom is -0.309 e. The van der Waals surface area contributed by atoms with Gasteiger partial charge in [-0.1, -0.05) is 39.5 Å². The largest absolute Gasteiger partial charge is 0.327 e. The average Bonchev–Trinajstić information content (AvgIpc) is 2.15. The van der Waals surface area contributed by atoms with Crippen molar-refractivity contribution in [1.29, 1.82) is 0 Å². The Bertz CT molecular complexity index is 157. The summed E-state index contributed by atoms with van der Waals surface area (Å²) in [7, 11) is -2.59. The summed E-state index contributed by atoms with van der Waals surface area (Å²) in [6.07, 6.45) is 6.40. The van der Waals surface area contributed by atoms with Crippen molar-refractivity contribution < 1.29 is 13.6 Å². The fraction of sp³-hybridized carbons (Fsp3) is 1.00. The van der Waals surface area contributed by atoms with Gasteiger partial charge in [0.15, 0.2) is 0 Å². The van der Waals surface area contributed by atoms with Crippen LogP contribution in [0.1, 0.15) is 46.0 Å². The molecule has 0 atom stereocenters. The summed E-state index contributed by atoms with van der Waals surface area (Å²) < 4.78 is 20.4. The third-order valence-electron chi connectivity index (χ3n) is 1.90. The second kappa shape index (κ2) is 8.46. The van der Waals surface area contributed by atoms with Gasteiger partial charge < -0.3 is 9.05 Å². The molecule has 1 aliphatic heterocycles. The molecule has 86 valence electrons. The van der Waals surface area contributed by atoms with Crippen molar-refractivity contribution in [1.82, 2.24) is 0 Å². The Balaban J connectivity index is 0.000000255. The minimum atomic E-state index is -2.59. The van der Waals surface area contributed by atoms with Gasteiger partial charge >= 0.3 is 7.60 Å². The molecule has 0 N–H and O–H groups in total. The average molecular weight is 222 g/mol. The molecule has 0 aromatic heterocycles. The lowest BCUT2D eigenvalue weighted by Gasteiger charge is -2.18. The zero-order chi connectivity index (χ0) is 10.9. The van der Waals surface area contributed by atoms with Crippen LogP contribution in [-0.2, 0) is 13.6 Å². The van der Waals surface area contributed by atoms with Crippen LogP contribution in [0.2, 0.25) is 0 Å². The highest BCUT2D eigenvalue weighted by molar-refractivity contribution is 7.53. The fourth-order valence-electron chi connectivity index (χ4n) is 1.06. The molecule has 0 unspecified atom stereocenters. The topological polar surface area (TPSA) is 35.5 Å². The molecular formula is C10H23O3P. The van der Waals surface area contributed by atoms with E-state index in [1.807, 2.05) is 0 Å². The maximum absolute atomic E-state index is 10.8. The lowest BCUT2D eigenvalue weighted by molar-refractivity contribution is 0.150.